The van der Waals surface area contributed by atoms with E-state index in [9.17, 15) is 14.7 Å². The fourth-order valence-electron chi connectivity index (χ4n) is 2.32. The first-order chi connectivity index (χ1) is 13.1. The number of aromatic nitrogens is 3. The molecule has 2 aromatic carbocycles. The quantitative estimate of drug-likeness (QED) is 0.388. The van der Waals surface area contributed by atoms with Crippen LogP contribution in [0.15, 0.2) is 55.1 Å². The van der Waals surface area contributed by atoms with Gasteiger partial charge in [-0.15, -0.1) is 15.0 Å². The Labute approximate surface area is 154 Å². The van der Waals surface area contributed by atoms with Crippen LogP contribution in [0.1, 0.15) is 16.8 Å². The summed E-state index contributed by atoms with van der Waals surface area (Å²) in [5, 5.41) is 18.7. The van der Waals surface area contributed by atoms with E-state index in [-0.39, 0.29) is 30.2 Å². The summed E-state index contributed by atoms with van der Waals surface area (Å²) in [7, 11) is 0. The Balaban J connectivity index is 1.68. The molecular weight excluding hydrogens is 350 g/mol. The third-order valence-corrected chi connectivity index (χ3v) is 3.65. The van der Waals surface area contributed by atoms with Gasteiger partial charge in [-0.1, -0.05) is 18.7 Å². The van der Waals surface area contributed by atoms with Crippen LogP contribution in [-0.2, 0) is 14.3 Å². The van der Waals surface area contributed by atoms with Gasteiger partial charge in [0.1, 0.15) is 22.5 Å². The molecule has 8 heteroatoms. The second-order valence-electron chi connectivity index (χ2n) is 5.54. The molecule has 0 aliphatic heterocycles. The minimum atomic E-state index is -0.567. The van der Waals surface area contributed by atoms with Gasteiger partial charge in [-0.2, -0.15) is 0 Å². The lowest BCUT2D eigenvalue weighted by Gasteiger charge is -2.08. The summed E-state index contributed by atoms with van der Waals surface area (Å²) in [6.07, 6.45) is 1.43. The van der Waals surface area contributed by atoms with Crippen molar-refractivity contribution in [3.63, 3.8) is 0 Å². The van der Waals surface area contributed by atoms with Gasteiger partial charge in [0.05, 0.1) is 18.8 Å². The topological polar surface area (TPSA) is 104 Å². The number of ether oxygens (including phenoxy) is 2. The van der Waals surface area contributed by atoms with Gasteiger partial charge >= 0.3 is 11.9 Å². The van der Waals surface area contributed by atoms with E-state index in [4.69, 9.17) is 9.47 Å². The van der Waals surface area contributed by atoms with E-state index >= 15 is 0 Å². The zero-order chi connectivity index (χ0) is 19.2. The van der Waals surface area contributed by atoms with Crippen LogP contribution in [0.5, 0.6) is 5.75 Å². The van der Waals surface area contributed by atoms with Crippen molar-refractivity contribution in [1.29, 1.82) is 0 Å². The number of hydrogen-bond donors (Lipinski definition) is 1. The summed E-state index contributed by atoms with van der Waals surface area (Å²) in [6, 6.07) is 11.5. The molecule has 1 heterocycles. The molecule has 138 valence electrons. The number of carbonyl (C=O) groups excluding carboxylic acids is 2. The standard InChI is InChI=1S/C19H17N3O5/c1-2-18(24)26-10-5-11-27-19(25)13-8-9-17(23)16(12-13)22-20-14-6-3-4-7-15(14)21-22/h2-4,6-9,12,23H,1,5,10-11H2. The Morgan fingerprint density at radius 3 is 2.41 bits per heavy atom. The van der Waals surface area contributed by atoms with Crippen molar-refractivity contribution in [3.8, 4) is 11.4 Å². The normalized spacial score (nSPS) is 10.5. The number of benzene rings is 2. The van der Waals surface area contributed by atoms with Crippen LogP contribution in [0.25, 0.3) is 16.7 Å². The van der Waals surface area contributed by atoms with Crippen LogP contribution in [0.3, 0.4) is 0 Å². The SMILES string of the molecule is C=CC(=O)OCCCOC(=O)c1ccc(O)c(-n2nc3ccccc3n2)c1. The third kappa shape index (κ3) is 4.30. The maximum atomic E-state index is 12.2. The second-order valence-corrected chi connectivity index (χ2v) is 5.54. The van der Waals surface area contributed by atoms with Gasteiger partial charge < -0.3 is 14.6 Å². The highest BCUT2D eigenvalue weighted by Gasteiger charge is 2.14. The molecule has 0 aliphatic rings. The molecule has 0 unspecified atom stereocenters. The highest BCUT2D eigenvalue weighted by molar-refractivity contribution is 5.90. The average Bonchev–Trinajstić information content (AvgIpc) is 3.11. The van der Waals surface area contributed by atoms with Crippen LogP contribution in [0, 0.1) is 0 Å². The van der Waals surface area contributed by atoms with Crippen molar-refractivity contribution < 1.29 is 24.2 Å². The number of phenolic OH excluding ortho intramolecular Hbond substituents is 1. The molecular formula is C19H17N3O5. The van der Waals surface area contributed by atoms with Gasteiger partial charge in [0.2, 0.25) is 0 Å². The number of carbonyl (C=O) groups is 2. The van der Waals surface area contributed by atoms with Gasteiger partial charge in [0.25, 0.3) is 0 Å². The van der Waals surface area contributed by atoms with E-state index in [1.54, 1.807) is 12.1 Å². The Morgan fingerprint density at radius 2 is 1.74 bits per heavy atom. The van der Waals surface area contributed by atoms with E-state index in [0.29, 0.717) is 17.5 Å². The van der Waals surface area contributed by atoms with Crippen LogP contribution in [-0.4, -0.2) is 45.3 Å². The first-order valence-corrected chi connectivity index (χ1v) is 8.20. The summed E-state index contributed by atoms with van der Waals surface area (Å²) < 4.78 is 9.94. The zero-order valence-electron chi connectivity index (χ0n) is 14.4. The molecule has 0 radical (unpaired) electrons. The fraction of sp³-hybridized carbons (Fsp3) is 0.158. The summed E-state index contributed by atoms with van der Waals surface area (Å²) in [6.45, 7) is 3.50. The number of hydrogen-bond acceptors (Lipinski definition) is 7. The van der Waals surface area contributed by atoms with Crippen LogP contribution < -0.4 is 0 Å². The predicted octanol–water partition coefficient (Wildman–Crippen LogP) is 2.40. The monoisotopic (exact) mass is 367 g/mol. The number of esters is 2. The molecule has 3 rings (SSSR count). The van der Waals surface area contributed by atoms with Crippen LogP contribution in [0.2, 0.25) is 0 Å². The molecule has 3 aromatic rings. The molecule has 1 aromatic heterocycles. The molecule has 0 spiro atoms. The van der Waals surface area contributed by atoms with Gasteiger partial charge in [0.15, 0.2) is 0 Å². The first kappa shape index (κ1) is 18.1. The Morgan fingerprint density at radius 1 is 1.07 bits per heavy atom. The number of fused-ring (bicyclic) bond motifs is 1. The molecule has 0 amide bonds. The Bertz CT molecular complexity index is 963. The molecule has 27 heavy (non-hydrogen) atoms. The van der Waals surface area contributed by atoms with Crippen LogP contribution >= 0.6 is 0 Å². The first-order valence-electron chi connectivity index (χ1n) is 8.20. The van der Waals surface area contributed by atoms with Crippen molar-refractivity contribution in [2.75, 3.05) is 13.2 Å². The van der Waals surface area contributed by atoms with Gasteiger partial charge in [-0.3, -0.25) is 0 Å². The largest absolute Gasteiger partial charge is 0.506 e. The summed E-state index contributed by atoms with van der Waals surface area (Å²) in [5.41, 5.74) is 1.84. The van der Waals surface area contributed by atoms with E-state index in [1.165, 1.54) is 23.0 Å². The van der Waals surface area contributed by atoms with E-state index in [1.807, 2.05) is 12.1 Å². The molecule has 0 fully saturated rings. The molecule has 0 aliphatic carbocycles. The van der Waals surface area contributed by atoms with Crippen molar-refractivity contribution in [2.24, 2.45) is 0 Å². The number of nitrogens with zero attached hydrogens (tertiary/aromatic N) is 3. The molecule has 1 N–H and O–H groups in total. The Hall–Kier alpha value is -3.68. The van der Waals surface area contributed by atoms with Crippen molar-refractivity contribution in [1.82, 2.24) is 15.0 Å². The van der Waals surface area contributed by atoms with E-state index in [2.05, 4.69) is 16.8 Å². The second kappa shape index (κ2) is 8.13. The highest BCUT2D eigenvalue weighted by atomic mass is 16.5. The minimum absolute atomic E-state index is 0.0665. The van der Waals surface area contributed by atoms with Crippen molar-refractivity contribution in [2.45, 2.75) is 6.42 Å². The maximum absolute atomic E-state index is 12.2. The number of phenols is 1. The van der Waals surface area contributed by atoms with Gasteiger partial charge in [0, 0.05) is 12.5 Å². The minimum Gasteiger partial charge on any atom is -0.506 e. The highest BCUT2D eigenvalue weighted by Crippen LogP contribution is 2.23. The fourth-order valence-corrected chi connectivity index (χ4v) is 2.32. The predicted molar refractivity (Wildman–Crippen MR) is 96.6 cm³/mol. The maximum Gasteiger partial charge on any atom is 0.338 e. The smallest absolute Gasteiger partial charge is 0.338 e. The number of aromatic hydroxyl groups is 1. The lowest BCUT2D eigenvalue weighted by Crippen LogP contribution is -2.10. The average molecular weight is 367 g/mol. The van der Waals surface area contributed by atoms with Crippen molar-refractivity contribution in [3.05, 3.63) is 60.7 Å². The lowest BCUT2D eigenvalue weighted by molar-refractivity contribution is -0.137. The molecule has 0 atom stereocenters. The molecule has 0 saturated carbocycles. The lowest BCUT2D eigenvalue weighted by atomic mass is 10.2. The van der Waals surface area contributed by atoms with Crippen molar-refractivity contribution >= 4 is 23.0 Å². The van der Waals surface area contributed by atoms with E-state index in [0.717, 1.165) is 6.08 Å². The summed E-state index contributed by atoms with van der Waals surface area (Å²) in [4.78, 5) is 24.4. The Kier molecular flexibility index (Phi) is 5.46. The molecule has 0 saturated heterocycles. The zero-order valence-corrected chi connectivity index (χ0v) is 14.4. The molecule has 8 nitrogen and oxygen atoms in total. The van der Waals surface area contributed by atoms with Crippen LogP contribution in [0.4, 0.5) is 0 Å². The number of rotatable bonds is 7. The summed E-state index contributed by atoms with van der Waals surface area (Å²) in [5.74, 6) is -1.16. The van der Waals surface area contributed by atoms with E-state index < -0.39 is 11.9 Å². The van der Waals surface area contributed by atoms with Gasteiger partial charge in [-0.05, 0) is 30.3 Å². The molecule has 0 bridgehead atoms. The third-order valence-electron chi connectivity index (χ3n) is 3.65. The van der Waals surface area contributed by atoms with Gasteiger partial charge in [-0.25, -0.2) is 9.59 Å². The summed E-state index contributed by atoms with van der Waals surface area (Å²) >= 11 is 0.